The van der Waals surface area contributed by atoms with Crippen molar-refractivity contribution in [1.29, 1.82) is 5.41 Å². The fourth-order valence-electron chi connectivity index (χ4n) is 2.46. The van der Waals surface area contributed by atoms with Crippen LogP contribution in [0.25, 0.3) is 17.5 Å². The summed E-state index contributed by atoms with van der Waals surface area (Å²) in [5, 5.41) is 7.09. The molecule has 3 heterocycles. The van der Waals surface area contributed by atoms with Crippen LogP contribution in [0.5, 0.6) is 0 Å². The molecule has 0 bridgehead atoms. The number of imidazole rings is 1. The lowest BCUT2D eigenvalue weighted by molar-refractivity contribution is 0.226. The number of anilines is 1. The van der Waals surface area contributed by atoms with Crippen molar-refractivity contribution in [3.8, 4) is 11.4 Å². The summed E-state index contributed by atoms with van der Waals surface area (Å²) in [5.74, 6) is 2.11. The van der Waals surface area contributed by atoms with Gasteiger partial charge in [0.2, 0.25) is 0 Å². The van der Waals surface area contributed by atoms with Crippen molar-refractivity contribution in [2.75, 3.05) is 23.7 Å². The summed E-state index contributed by atoms with van der Waals surface area (Å²) in [6, 6.07) is 1.98. The number of alkyl halides is 2. The topological polar surface area (TPSA) is 108 Å². The third kappa shape index (κ3) is 6.10. The highest BCUT2D eigenvalue weighted by atomic mass is 32.1. The molecule has 146 valence electrons. The molecular weight excluding hydrogens is 372 g/mol. The Morgan fingerprint density at radius 2 is 2.22 bits per heavy atom. The number of H-pyrrole nitrogens is 1. The Kier molecular flexibility index (Phi) is 7.86. The van der Waals surface area contributed by atoms with Gasteiger partial charge in [-0.05, 0) is 24.3 Å². The van der Waals surface area contributed by atoms with Crippen molar-refractivity contribution in [2.45, 2.75) is 25.8 Å². The second-order valence-electron chi connectivity index (χ2n) is 5.84. The molecule has 1 atom stereocenters. The summed E-state index contributed by atoms with van der Waals surface area (Å²) in [4.78, 5) is 17.6. The Bertz CT molecular complexity index is 778. The lowest BCUT2D eigenvalue weighted by atomic mass is 10.3. The van der Waals surface area contributed by atoms with Gasteiger partial charge in [-0.15, -0.1) is 0 Å². The van der Waals surface area contributed by atoms with Crippen molar-refractivity contribution in [3.63, 3.8) is 0 Å². The molecule has 0 aromatic carbocycles. The molecule has 3 rings (SSSR count). The lowest BCUT2D eigenvalue weighted by Crippen LogP contribution is -2.26. The molecule has 0 radical (unpaired) electrons. The maximum Gasteiger partial charge on any atom is 0.279 e. The van der Waals surface area contributed by atoms with Crippen LogP contribution in [0.4, 0.5) is 14.6 Å². The number of thiol groups is 1. The summed E-state index contributed by atoms with van der Waals surface area (Å²) < 4.78 is 24.6. The highest BCUT2D eigenvalue weighted by Gasteiger charge is 2.20. The molecule has 1 aliphatic heterocycles. The summed E-state index contributed by atoms with van der Waals surface area (Å²) in [6.07, 6.45) is 3.51. The maximum atomic E-state index is 12.3. The van der Waals surface area contributed by atoms with Crippen LogP contribution in [0.15, 0.2) is 24.7 Å². The number of allylic oxidation sites excluding steroid dienone is 1. The quantitative estimate of drug-likeness (QED) is 0.460. The Morgan fingerprint density at radius 3 is 2.85 bits per heavy atom. The number of aromatic nitrogens is 4. The van der Waals surface area contributed by atoms with Crippen LogP contribution in [0.3, 0.4) is 0 Å². The van der Waals surface area contributed by atoms with E-state index in [1.165, 1.54) is 12.4 Å². The van der Waals surface area contributed by atoms with Crippen LogP contribution in [-0.2, 0) is 0 Å². The molecule has 10 heteroatoms. The minimum absolute atomic E-state index is 0.150. The molecule has 4 N–H and O–H groups in total. The monoisotopic (exact) mass is 395 g/mol. The van der Waals surface area contributed by atoms with Crippen molar-refractivity contribution >= 4 is 30.2 Å². The number of rotatable bonds is 5. The molecule has 1 aliphatic rings. The van der Waals surface area contributed by atoms with Crippen LogP contribution in [0, 0.1) is 5.41 Å². The van der Waals surface area contributed by atoms with Crippen molar-refractivity contribution in [2.24, 2.45) is 5.73 Å². The molecule has 1 unspecified atom stereocenters. The molecular formula is C17H23F2N7S. The first-order valence-electron chi connectivity index (χ1n) is 8.48. The highest BCUT2D eigenvalue weighted by Crippen LogP contribution is 2.22. The van der Waals surface area contributed by atoms with Crippen LogP contribution in [-0.4, -0.2) is 57.0 Å². The molecule has 0 amide bonds. The molecule has 0 saturated carbocycles. The largest absolute Gasteiger partial charge is 0.355 e. The van der Waals surface area contributed by atoms with E-state index < -0.39 is 12.1 Å². The highest BCUT2D eigenvalue weighted by molar-refractivity contribution is 7.80. The van der Waals surface area contributed by atoms with Gasteiger partial charge >= 0.3 is 0 Å². The van der Waals surface area contributed by atoms with Gasteiger partial charge in [0, 0.05) is 25.2 Å². The van der Waals surface area contributed by atoms with Crippen LogP contribution in [0.2, 0.25) is 0 Å². The molecule has 0 aliphatic carbocycles. The van der Waals surface area contributed by atoms with Gasteiger partial charge in [-0.25, -0.2) is 23.7 Å². The lowest BCUT2D eigenvalue weighted by Gasteiger charge is -2.16. The van der Waals surface area contributed by atoms with Crippen molar-refractivity contribution in [3.05, 3.63) is 30.5 Å². The summed E-state index contributed by atoms with van der Waals surface area (Å²) >= 11 is 3.79. The summed E-state index contributed by atoms with van der Waals surface area (Å²) in [7, 11) is 0. The van der Waals surface area contributed by atoms with E-state index in [-0.39, 0.29) is 6.04 Å². The van der Waals surface area contributed by atoms with Crippen LogP contribution >= 0.6 is 12.6 Å². The first-order chi connectivity index (χ1) is 12.9. The minimum Gasteiger partial charge on any atom is -0.355 e. The molecule has 27 heavy (non-hydrogen) atoms. The average molecular weight is 395 g/mol. The van der Waals surface area contributed by atoms with Gasteiger partial charge in [-0.3, -0.25) is 5.41 Å². The number of aromatic amines is 1. The number of hydrogen-bond donors (Lipinski definition) is 4. The molecule has 2 aromatic heterocycles. The summed E-state index contributed by atoms with van der Waals surface area (Å²) in [5.41, 5.74) is 6.45. The molecule has 2 aromatic rings. The van der Waals surface area contributed by atoms with Gasteiger partial charge in [0.15, 0.2) is 0 Å². The fraction of sp³-hybridized carbons (Fsp3) is 0.412. The predicted octanol–water partition coefficient (Wildman–Crippen LogP) is 2.64. The number of nitrogens with two attached hydrogens (primary N) is 1. The number of nitrogens with one attached hydrogen (secondary N) is 2. The second-order valence-corrected chi connectivity index (χ2v) is 6.48. The molecule has 1 fully saturated rings. The number of hydrogen-bond acceptors (Lipinski definition) is 7. The Hall–Kier alpha value is -2.33. The molecule has 0 spiro atoms. The maximum absolute atomic E-state index is 12.3. The van der Waals surface area contributed by atoms with E-state index >= 15 is 0 Å². The van der Waals surface area contributed by atoms with Crippen LogP contribution in [0.1, 0.15) is 19.2 Å². The number of nitrogens with zero attached hydrogens (tertiary/aromatic N) is 4. The first kappa shape index (κ1) is 21.0. The zero-order valence-corrected chi connectivity index (χ0v) is 15.8. The van der Waals surface area contributed by atoms with E-state index in [1.807, 2.05) is 13.0 Å². The Balaban J connectivity index is 0.000000817. The third-order valence-corrected chi connectivity index (χ3v) is 3.73. The Labute approximate surface area is 162 Å². The third-order valence-electron chi connectivity index (χ3n) is 3.73. The van der Waals surface area contributed by atoms with Crippen LogP contribution < -0.4 is 10.6 Å². The van der Waals surface area contributed by atoms with E-state index in [4.69, 9.17) is 11.1 Å². The summed E-state index contributed by atoms with van der Waals surface area (Å²) in [6.45, 7) is 3.59. The molecule has 1 saturated heterocycles. The SMILES string of the molecule is CCS.N=C(/C=C\c1ncc(-c2cc(N3CCC(N)C3)ncn2)[nH]1)C(F)F. The van der Waals surface area contributed by atoms with Crippen molar-refractivity contribution in [1.82, 2.24) is 19.9 Å². The number of halogens is 2. The Morgan fingerprint density at radius 1 is 1.48 bits per heavy atom. The van der Waals surface area contributed by atoms with Gasteiger partial charge in [0.25, 0.3) is 6.43 Å². The van der Waals surface area contributed by atoms with E-state index in [2.05, 4.69) is 37.5 Å². The van der Waals surface area contributed by atoms with Gasteiger partial charge in [-0.2, -0.15) is 12.6 Å². The zero-order chi connectivity index (χ0) is 19.8. The van der Waals surface area contributed by atoms with Gasteiger partial charge < -0.3 is 15.6 Å². The van der Waals surface area contributed by atoms with E-state index in [1.54, 1.807) is 6.20 Å². The average Bonchev–Trinajstić information content (AvgIpc) is 3.29. The predicted molar refractivity (Wildman–Crippen MR) is 107 cm³/mol. The second kappa shape index (κ2) is 10.1. The molecule has 7 nitrogen and oxygen atoms in total. The minimum atomic E-state index is -2.80. The van der Waals surface area contributed by atoms with E-state index in [0.29, 0.717) is 17.2 Å². The first-order valence-corrected chi connectivity index (χ1v) is 9.11. The van der Waals surface area contributed by atoms with Gasteiger partial charge in [-0.1, -0.05) is 6.92 Å². The fourth-order valence-corrected chi connectivity index (χ4v) is 2.46. The van der Waals surface area contributed by atoms with Gasteiger partial charge in [0.05, 0.1) is 23.3 Å². The zero-order valence-electron chi connectivity index (χ0n) is 14.9. The smallest absolute Gasteiger partial charge is 0.279 e. The van der Waals surface area contributed by atoms with E-state index in [9.17, 15) is 8.78 Å². The van der Waals surface area contributed by atoms with Gasteiger partial charge in [0.1, 0.15) is 18.0 Å². The normalized spacial score (nSPS) is 16.7. The standard InChI is InChI=1S/C15H17F2N7.C2H6S/c16-15(17)10(19)1-2-13-20-6-12(23-13)11-5-14(22-8-21-11)24-4-3-9(18)7-24;1-2-3/h1-2,5-6,8-9,15,19H,3-4,7,18H2,(H,20,23);3H,2H2,1H3/b2-1-,19-10?;. The van der Waals surface area contributed by atoms with E-state index in [0.717, 1.165) is 37.2 Å². The van der Waals surface area contributed by atoms with Crippen molar-refractivity contribution < 1.29 is 8.78 Å².